The maximum absolute atomic E-state index is 12.6. The van der Waals surface area contributed by atoms with Gasteiger partial charge in [0, 0.05) is 30.6 Å². The molecule has 0 aromatic heterocycles. The highest BCUT2D eigenvalue weighted by Crippen LogP contribution is 2.66. The van der Waals surface area contributed by atoms with E-state index in [4.69, 9.17) is 6.42 Å². The highest BCUT2D eigenvalue weighted by atomic mass is 16.3. The Morgan fingerprint density at radius 2 is 1.88 bits per heavy atom. The zero-order chi connectivity index (χ0) is 18.0. The zero-order valence-corrected chi connectivity index (χ0v) is 15.5. The third-order valence-corrected chi connectivity index (χ3v) is 8.87. The fourth-order valence-corrected chi connectivity index (χ4v) is 7.43. The first-order chi connectivity index (χ1) is 11.8. The van der Waals surface area contributed by atoms with Gasteiger partial charge in [-0.3, -0.25) is 9.59 Å². The summed E-state index contributed by atoms with van der Waals surface area (Å²) >= 11 is 0. The molecule has 25 heavy (non-hydrogen) atoms. The van der Waals surface area contributed by atoms with Crippen molar-refractivity contribution in [3.8, 4) is 12.3 Å². The number of aliphatic hydroxyl groups is 1. The summed E-state index contributed by atoms with van der Waals surface area (Å²) in [6.45, 7) is 4.52. The van der Waals surface area contributed by atoms with Crippen LogP contribution in [0.4, 0.5) is 0 Å². The van der Waals surface area contributed by atoms with E-state index in [-0.39, 0.29) is 22.7 Å². The molecule has 3 nitrogen and oxygen atoms in total. The topological polar surface area (TPSA) is 54.4 Å². The monoisotopic (exact) mass is 342 g/mol. The van der Waals surface area contributed by atoms with Gasteiger partial charge in [-0.2, -0.15) is 0 Å². The van der Waals surface area contributed by atoms with Crippen LogP contribution in [0.15, 0.2) is 0 Å². The average Bonchev–Trinajstić information content (AvgIpc) is 2.90. The van der Waals surface area contributed by atoms with Crippen molar-refractivity contribution in [3.05, 3.63) is 0 Å². The van der Waals surface area contributed by atoms with Crippen LogP contribution in [0.2, 0.25) is 0 Å². The molecule has 0 saturated heterocycles. The lowest BCUT2D eigenvalue weighted by Crippen LogP contribution is -2.58. The van der Waals surface area contributed by atoms with Crippen LogP contribution in [0.1, 0.15) is 65.2 Å². The molecule has 0 aliphatic heterocycles. The van der Waals surface area contributed by atoms with Crippen molar-refractivity contribution in [2.45, 2.75) is 71.3 Å². The van der Waals surface area contributed by atoms with Gasteiger partial charge in [-0.25, -0.2) is 0 Å². The number of hydrogen-bond acceptors (Lipinski definition) is 3. The summed E-state index contributed by atoms with van der Waals surface area (Å²) in [5.74, 6) is 4.98. The van der Waals surface area contributed by atoms with Crippen LogP contribution in [0.25, 0.3) is 0 Å². The average molecular weight is 342 g/mol. The Morgan fingerprint density at radius 3 is 2.60 bits per heavy atom. The molecule has 4 fully saturated rings. The van der Waals surface area contributed by atoms with E-state index in [1.165, 1.54) is 0 Å². The Kier molecular flexibility index (Phi) is 3.93. The Morgan fingerprint density at radius 1 is 1.12 bits per heavy atom. The third-order valence-electron chi connectivity index (χ3n) is 8.87. The summed E-state index contributed by atoms with van der Waals surface area (Å²) in [4.78, 5) is 24.7. The van der Waals surface area contributed by atoms with E-state index in [1.54, 1.807) is 0 Å². The van der Waals surface area contributed by atoms with Crippen molar-refractivity contribution in [2.75, 3.05) is 0 Å². The number of fused-ring (bicyclic) bond motifs is 5. The predicted octanol–water partition coefficient (Wildman–Crippen LogP) is 3.39. The van der Waals surface area contributed by atoms with E-state index < -0.39 is 6.10 Å². The first kappa shape index (κ1) is 17.3. The second kappa shape index (κ2) is 5.68. The second-order valence-corrected chi connectivity index (χ2v) is 9.66. The Labute approximate surface area is 150 Å². The first-order valence-electron chi connectivity index (χ1n) is 10.0. The number of ketones is 2. The van der Waals surface area contributed by atoms with Crippen LogP contribution >= 0.6 is 0 Å². The lowest BCUT2D eigenvalue weighted by atomic mass is 9.42. The Balaban J connectivity index is 1.74. The van der Waals surface area contributed by atoms with Crippen molar-refractivity contribution in [2.24, 2.45) is 40.4 Å². The van der Waals surface area contributed by atoms with Crippen LogP contribution in [0, 0.1) is 52.8 Å². The van der Waals surface area contributed by atoms with Crippen LogP contribution in [-0.2, 0) is 9.59 Å². The van der Waals surface area contributed by atoms with Crippen molar-refractivity contribution in [3.63, 3.8) is 0 Å². The predicted molar refractivity (Wildman–Crippen MR) is 95.5 cm³/mol. The summed E-state index contributed by atoms with van der Waals surface area (Å²) in [5, 5.41) is 10.6. The maximum Gasteiger partial charge on any atom is 0.139 e. The fraction of sp³-hybridized carbons (Fsp3) is 0.818. The van der Waals surface area contributed by atoms with E-state index in [9.17, 15) is 14.7 Å². The summed E-state index contributed by atoms with van der Waals surface area (Å²) in [5.41, 5.74) is -0.0905. The molecule has 0 spiro atoms. The van der Waals surface area contributed by atoms with Gasteiger partial charge in [0.05, 0.1) is 0 Å². The van der Waals surface area contributed by atoms with Gasteiger partial charge in [-0.05, 0) is 61.2 Å². The van der Waals surface area contributed by atoms with Crippen molar-refractivity contribution < 1.29 is 14.7 Å². The minimum Gasteiger partial charge on any atom is -0.380 e. The number of terminal acetylenes is 1. The highest BCUT2D eigenvalue weighted by molar-refractivity contribution is 5.87. The van der Waals surface area contributed by atoms with Gasteiger partial charge in [0.1, 0.15) is 17.7 Å². The smallest absolute Gasteiger partial charge is 0.139 e. The molecule has 8 atom stereocenters. The van der Waals surface area contributed by atoms with E-state index in [1.807, 2.05) is 0 Å². The van der Waals surface area contributed by atoms with Crippen LogP contribution in [0.3, 0.4) is 0 Å². The van der Waals surface area contributed by atoms with E-state index in [0.717, 1.165) is 32.1 Å². The molecule has 4 rings (SSSR count). The number of carbonyl (C=O) groups excluding carboxylic acids is 2. The fourth-order valence-electron chi connectivity index (χ4n) is 7.43. The summed E-state index contributed by atoms with van der Waals surface area (Å²) in [6, 6.07) is 0. The summed E-state index contributed by atoms with van der Waals surface area (Å²) in [6.07, 6.45) is 11.6. The quantitative estimate of drug-likeness (QED) is 0.743. The molecule has 3 heteroatoms. The lowest BCUT2D eigenvalue weighted by molar-refractivity contribution is -0.159. The maximum atomic E-state index is 12.6. The molecule has 0 amide bonds. The van der Waals surface area contributed by atoms with E-state index in [2.05, 4.69) is 19.8 Å². The SMILES string of the molecule is C#CC(O)[C@@H]1C[C@@H]2[C@H](CC[C@]3(C)C(=O)CC[C@@H]23)[C@@]2(C)CCC(=O)CC12. The first-order valence-corrected chi connectivity index (χ1v) is 10.0. The second-order valence-electron chi connectivity index (χ2n) is 9.66. The van der Waals surface area contributed by atoms with Crippen LogP contribution < -0.4 is 0 Å². The molecule has 0 aromatic carbocycles. The highest BCUT2D eigenvalue weighted by Gasteiger charge is 2.62. The lowest BCUT2D eigenvalue weighted by Gasteiger charge is -2.61. The molecule has 0 heterocycles. The van der Waals surface area contributed by atoms with Crippen molar-refractivity contribution in [1.82, 2.24) is 0 Å². The standard InChI is InChI=1S/C22H30O3/c1-4-19(24)15-12-14-16-5-6-20(25)22(16,3)10-8-17(14)21(2)9-7-13(23)11-18(15)21/h1,14-19,24H,5-12H2,2-3H3/t14-,15+,16-,17-,18?,19?,21+,22-/m0/s1. The van der Waals surface area contributed by atoms with E-state index >= 15 is 0 Å². The molecule has 4 aliphatic rings. The third kappa shape index (κ3) is 2.29. The largest absolute Gasteiger partial charge is 0.380 e. The molecule has 0 aromatic rings. The van der Waals surface area contributed by atoms with Gasteiger partial charge in [0.15, 0.2) is 0 Å². The molecule has 4 aliphatic carbocycles. The number of hydrogen-bond donors (Lipinski definition) is 1. The molecule has 136 valence electrons. The normalized spacial score (nSPS) is 50.4. The molecule has 2 unspecified atom stereocenters. The van der Waals surface area contributed by atoms with Gasteiger partial charge < -0.3 is 5.11 Å². The molecule has 4 saturated carbocycles. The van der Waals surface area contributed by atoms with Crippen molar-refractivity contribution in [1.29, 1.82) is 0 Å². The van der Waals surface area contributed by atoms with Crippen molar-refractivity contribution >= 4 is 11.6 Å². The molecule has 1 N–H and O–H groups in total. The minimum atomic E-state index is -0.776. The van der Waals surface area contributed by atoms with Crippen LogP contribution in [-0.4, -0.2) is 22.8 Å². The molecule has 0 radical (unpaired) electrons. The van der Waals surface area contributed by atoms with Gasteiger partial charge in [-0.15, -0.1) is 6.42 Å². The number of aliphatic hydroxyl groups excluding tert-OH is 1. The summed E-state index contributed by atoms with van der Waals surface area (Å²) < 4.78 is 0. The molecular weight excluding hydrogens is 312 g/mol. The summed E-state index contributed by atoms with van der Waals surface area (Å²) in [7, 11) is 0. The van der Waals surface area contributed by atoms with Gasteiger partial charge in [0.25, 0.3) is 0 Å². The zero-order valence-electron chi connectivity index (χ0n) is 15.5. The van der Waals surface area contributed by atoms with Gasteiger partial charge in [0.2, 0.25) is 0 Å². The van der Waals surface area contributed by atoms with Crippen LogP contribution in [0.5, 0.6) is 0 Å². The van der Waals surface area contributed by atoms with E-state index in [0.29, 0.717) is 48.6 Å². The number of Topliss-reactive ketones (excluding diaryl/α,β-unsaturated/α-hetero) is 2. The molecular formula is C22H30O3. The minimum absolute atomic E-state index is 0.00134. The van der Waals surface area contributed by atoms with Gasteiger partial charge >= 0.3 is 0 Å². The number of rotatable bonds is 1. The van der Waals surface area contributed by atoms with Gasteiger partial charge in [-0.1, -0.05) is 19.8 Å². The number of carbonyl (C=O) groups is 2. The Hall–Kier alpha value is -1.14. The Bertz CT molecular complexity index is 646. The molecule has 0 bridgehead atoms.